The highest BCUT2D eigenvalue weighted by molar-refractivity contribution is 6.08. The fraction of sp³-hybridized carbons (Fsp3) is 0.385. The van der Waals surface area contributed by atoms with Crippen LogP contribution in [0.15, 0.2) is 18.2 Å². The first-order valence-electron chi connectivity index (χ1n) is 6.32. The molecule has 1 aromatic carbocycles. The topological polar surface area (TPSA) is 67.9 Å². The molecule has 112 valence electrons. The first kappa shape index (κ1) is 13.6. The number of alkyl halides is 2. The highest BCUT2D eigenvalue weighted by Gasteiger charge is 2.44. The molecule has 2 heterocycles. The smallest absolute Gasteiger partial charge is 0.395 e. The predicted octanol–water partition coefficient (Wildman–Crippen LogP) is 1.25. The molecule has 2 atom stereocenters. The van der Waals surface area contributed by atoms with Gasteiger partial charge < -0.3 is 14.8 Å². The van der Waals surface area contributed by atoms with E-state index in [4.69, 9.17) is 0 Å². The maximum Gasteiger partial charge on any atom is 0.586 e. The van der Waals surface area contributed by atoms with E-state index in [0.29, 0.717) is 5.69 Å². The molecule has 1 N–H and O–H groups in total. The van der Waals surface area contributed by atoms with E-state index >= 15 is 0 Å². The first-order valence-corrected chi connectivity index (χ1v) is 6.32. The summed E-state index contributed by atoms with van der Waals surface area (Å²) in [6.07, 6.45) is -3.72. The summed E-state index contributed by atoms with van der Waals surface area (Å²) >= 11 is 0. The molecule has 0 aliphatic carbocycles. The van der Waals surface area contributed by atoms with Gasteiger partial charge in [-0.3, -0.25) is 14.5 Å². The van der Waals surface area contributed by atoms with Crippen LogP contribution in [0.2, 0.25) is 0 Å². The van der Waals surface area contributed by atoms with Crippen molar-refractivity contribution in [1.82, 2.24) is 5.32 Å². The summed E-state index contributed by atoms with van der Waals surface area (Å²) in [5, 5.41) is 2.54. The van der Waals surface area contributed by atoms with Crippen LogP contribution in [0.3, 0.4) is 0 Å². The van der Waals surface area contributed by atoms with Crippen molar-refractivity contribution in [3.63, 3.8) is 0 Å². The van der Waals surface area contributed by atoms with Gasteiger partial charge in [-0.15, -0.1) is 8.78 Å². The quantitative estimate of drug-likeness (QED) is 0.847. The van der Waals surface area contributed by atoms with Gasteiger partial charge in [0.15, 0.2) is 11.5 Å². The predicted molar refractivity (Wildman–Crippen MR) is 67.2 cm³/mol. The van der Waals surface area contributed by atoms with Crippen LogP contribution in [0.1, 0.15) is 13.8 Å². The maximum absolute atomic E-state index is 13.0. The molecule has 3 rings (SSSR count). The molecule has 2 amide bonds. The molecule has 0 saturated carbocycles. The molecule has 2 aliphatic heterocycles. The highest BCUT2D eigenvalue weighted by atomic mass is 19.3. The Labute approximate surface area is 118 Å². The molecule has 0 aromatic heterocycles. The Balaban J connectivity index is 1.97. The van der Waals surface area contributed by atoms with Gasteiger partial charge in [0.25, 0.3) is 0 Å². The van der Waals surface area contributed by atoms with E-state index in [-0.39, 0.29) is 23.3 Å². The summed E-state index contributed by atoms with van der Waals surface area (Å²) in [4.78, 5) is 25.2. The Morgan fingerprint density at radius 2 is 1.86 bits per heavy atom. The van der Waals surface area contributed by atoms with Gasteiger partial charge in [0, 0.05) is 11.8 Å². The molecule has 2 aliphatic rings. The van der Waals surface area contributed by atoms with Gasteiger partial charge in [-0.1, -0.05) is 0 Å². The lowest BCUT2D eigenvalue weighted by Gasteiger charge is -2.36. The average Bonchev–Trinajstić information content (AvgIpc) is 2.70. The molecule has 21 heavy (non-hydrogen) atoms. The van der Waals surface area contributed by atoms with Gasteiger partial charge in [-0.25, -0.2) is 0 Å². The third kappa shape index (κ3) is 2.16. The minimum Gasteiger partial charge on any atom is -0.395 e. The minimum absolute atomic E-state index is 0.113. The number of halogens is 2. The largest absolute Gasteiger partial charge is 0.586 e. The van der Waals surface area contributed by atoms with E-state index in [1.807, 2.05) is 0 Å². The molecular weight excluding hydrogens is 286 g/mol. The van der Waals surface area contributed by atoms with Crippen LogP contribution >= 0.6 is 0 Å². The molecule has 1 fully saturated rings. The number of carbonyl (C=O) groups excluding carboxylic acids is 2. The molecule has 1 saturated heterocycles. The minimum atomic E-state index is -3.72. The molecule has 0 spiro atoms. The van der Waals surface area contributed by atoms with Crippen molar-refractivity contribution in [2.45, 2.75) is 32.2 Å². The number of amides is 2. The maximum atomic E-state index is 13.0. The molecule has 6 nitrogen and oxygen atoms in total. The average molecular weight is 298 g/mol. The van der Waals surface area contributed by atoms with Crippen molar-refractivity contribution in [2.24, 2.45) is 0 Å². The van der Waals surface area contributed by atoms with Crippen molar-refractivity contribution in [3.05, 3.63) is 18.2 Å². The summed E-state index contributed by atoms with van der Waals surface area (Å²) in [7, 11) is 0. The molecule has 0 radical (unpaired) electrons. The van der Waals surface area contributed by atoms with Crippen molar-refractivity contribution < 1.29 is 27.8 Å². The normalized spacial score (nSPS) is 26.8. The Hall–Kier alpha value is -2.38. The second kappa shape index (κ2) is 4.31. The Kier molecular flexibility index (Phi) is 2.79. The number of piperazine rings is 1. The number of carbonyl (C=O) groups is 2. The van der Waals surface area contributed by atoms with Crippen LogP contribution in [-0.4, -0.2) is 30.2 Å². The number of ether oxygens (including phenoxy) is 2. The Bertz CT molecular complexity index is 635. The highest BCUT2D eigenvalue weighted by Crippen LogP contribution is 2.43. The van der Waals surface area contributed by atoms with Gasteiger partial charge in [0.05, 0.1) is 0 Å². The van der Waals surface area contributed by atoms with Gasteiger partial charge in [0.2, 0.25) is 11.8 Å². The monoisotopic (exact) mass is 298 g/mol. The summed E-state index contributed by atoms with van der Waals surface area (Å²) in [6, 6.07) is 2.55. The molecule has 2 unspecified atom stereocenters. The number of hydrogen-bond donors (Lipinski definition) is 1. The summed E-state index contributed by atoms with van der Waals surface area (Å²) in [6.45, 7) is 3.11. The fourth-order valence-corrected chi connectivity index (χ4v) is 2.35. The van der Waals surface area contributed by atoms with Gasteiger partial charge in [0.1, 0.15) is 12.1 Å². The van der Waals surface area contributed by atoms with Crippen LogP contribution < -0.4 is 19.7 Å². The van der Waals surface area contributed by atoms with Crippen LogP contribution in [0.25, 0.3) is 0 Å². The van der Waals surface area contributed by atoms with E-state index in [1.54, 1.807) is 13.8 Å². The number of benzene rings is 1. The molecule has 8 heteroatoms. The lowest BCUT2D eigenvalue weighted by molar-refractivity contribution is -0.286. The van der Waals surface area contributed by atoms with Crippen LogP contribution in [-0.2, 0) is 9.59 Å². The lowest BCUT2D eigenvalue weighted by Crippen LogP contribution is -2.61. The number of nitrogens with one attached hydrogen (secondary N) is 1. The van der Waals surface area contributed by atoms with E-state index in [9.17, 15) is 18.4 Å². The summed E-state index contributed by atoms with van der Waals surface area (Å²) < 4.78 is 34.6. The SMILES string of the molecule is CC1NC(=O)C(C)N(c2ccc3c(c2)OC(F)(F)O3)C1=O. The van der Waals surface area contributed by atoms with Gasteiger partial charge in [-0.2, -0.15) is 0 Å². The molecule has 1 aromatic rings. The summed E-state index contributed by atoms with van der Waals surface area (Å²) in [5.41, 5.74) is 0.300. The van der Waals surface area contributed by atoms with E-state index in [2.05, 4.69) is 14.8 Å². The second-order valence-corrected chi connectivity index (χ2v) is 4.91. The van der Waals surface area contributed by atoms with Crippen LogP contribution in [0, 0.1) is 0 Å². The van der Waals surface area contributed by atoms with Crippen LogP contribution in [0.5, 0.6) is 11.5 Å². The number of anilines is 1. The van der Waals surface area contributed by atoms with Crippen LogP contribution in [0.4, 0.5) is 14.5 Å². The first-order chi connectivity index (χ1) is 9.78. The van der Waals surface area contributed by atoms with Crippen molar-refractivity contribution in [2.75, 3.05) is 4.90 Å². The zero-order valence-electron chi connectivity index (χ0n) is 11.2. The van der Waals surface area contributed by atoms with Crippen molar-refractivity contribution in [3.8, 4) is 11.5 Å². The van der Waals surface area contributed by atoms with Crippen molar-refractivity contribution >= 4 is 17.5 Å². The Morgan fingerprint density at radius 1 is 1.19 bits per heavy atom. The zero-order valence-corrected chi connectivity index (χ0v) is 11.2. The van der Waals surface area contributed by atoms with E-state index in [0.717, 1.165) is 0 Å². The number of rotatable bonds is 1. The number of hydrogen-bond acceptors (Lipinski definition) is 4. The summed E-state index contributed by atoms with van der Waals surface area (Å²) in [5.74, 6) is -0.924. The van der Waals surface area contributed by atoms with E-state index in [1.165, 1.54) is 23.1 Å². The molecular formula is C13H12F2N2O4. The van der Waals surface area contributed by atoms with E-state index < -0.39 is 18.4 Å². The van der Waals surface area contributed by atoms with Gasteiger partial charge >= 0.3 is 6.29 Å². The third-order valence-corrected chi connectivity index (χ3v) is 3.40. The number of nitrogens with zero attached hydrogens (tertiary/aromatic N) is 1. The molecule has 0 bridgehead atoms. The third-order valence-electron chi connectivity index (χ3n) is 3.40. The van der Waals surface area contributed by atoms with Gasteiger partial charge in [-0.05, 0) is 26.0 Å². The standard InChI is InChI=1S/C13H12F2N2O4/c1-6-12(19)17(7(2)11(18)16-6)8-3-4-9-10(5-8)21-13(14,15)20-9/h3-7H,1-2H3,(H,16,18). The second-order valence-electron chi connectivity index (χ2n) is 4.91. The fourth-order valence-electron chi connectivity index (χ4n) is 2.35. The number of fused-ring (bicyclic) bond motifs is 1. The Morgan fingerprint density at radius 3 is 2.57 bits per heavy atom. The zero-order chi connectivity index (χ0) is 15.4. The van der Waals surface area contributed by atoms with Crippen molar-refractivity contribution in [1.29, 1.82) is 0 Å². The lowest BCUT2D eigenvalue weighted by atomic mass is 10.1.